The molecule has 4 atom stereocenters. The molecule has 0 amide bonds. The average Bonchev–Trinajstić information content (AvgIpc) is 3.41. The Morgan fingerprint density at radius 1 is 1.10 bits per heavy atom. The van der Waals surface area contributed by atoms with Crippen LogP contribution in [0.25, 0.3) is 0 Å². The van der Waals surface area contributed by atoms with Crippen LogP contribution in [0.1, 0.15) is 41.3 Å². The van der Waals surface area contributed by atoms with Crippen molar-refractivity contribution in [2.75, 3.05) is 44.7 Å². The lowest BCUT2D eigenvalue weighted by Crippen LogP contribution is -2.45. The van der Waals surface area contributed by atoms with Gasteiger partial charge in [0.1, 0.15) is 0 Å². The van der Waals surface area contributed by atoms with E-state index >= 15 is 0 Å². The summed E-state index contributed by atoms with van der Waals surface area (Å²) in [7, 11) is 2.30. The van der Waals surface area contributed by atoms with Gasteiger partial charge in [0.25, 0.3) is 0 Å². The maximum Gasteiger partial charge on any atom is 0.0607 e. The lowest BCUT2D eigenvalue weighted by molar-refractivity contribution is 0.191. The average molecular weight is 418 g/mol. The Bertz CT molecular complexity index is 931. The first-order valence-corrected chi connectivity index (χ1v) is 12.2. The third-order valence-corrected chi connectivity index (χ3v) is 8.22. The minimum atomic E-state index is 0.453. The molecule has 6 rings (SSSR count). The molecular weight excluding hydrogens is 382 g/mol. The highest BCUT2D eigenvalue weighted by Gasteiger charge is 2.37. The topological polar surface area (TPSA) is 43.4 Å². The van der Waals surface area contributed by atoms with E-state index in [0.717, 1.165) is 31.3 Å². The molecule has 31 heavy (non-hydrogen) atoms. The Labute approximate surface area is 186 Å². The molecule has 164 valence electrons. The number of pyridine rings is 1. The number of nitrogens with zero attached hydrogens (tertiary/aromatic N) is 3. The smallest absolute Gasteiger partial charge is 0.0607 e. The number of benzene rings is 1. The van der Waals surface area contributed by atoms with Crippen LogP contribution in [0.2, 0.25) is 0 Å². The number of nitrogens with one attached hydrogen (secondary N) is 2. The van der Waals surface area contributed by atoms with Crippen molar-refractivity contribution in [3.63, 3.8) is 0 Å². The highest BCUT2D eigenvalue weighted by Crippen LogP contribution is 2.36. The molecule has 0 bridgehead atoms. The summed E-state index contributed by atoms with van der Waals surface area (Å²) in [6.07, 6.45) is 6.76. The summed E-state index contributed by atoms with van der Waals surface area (Å²) < 4.78 is 0. The zero-order valence-electron chi connectivity index (χ0n) is 18.7. The molecule has 2 saturated heterocycles. The predicted octanol–water partition coefficient (Wildman–Crippen LogP) is 2.76. The maximum atomic E-state index is 4.77. The van der Waals surface area contributed by atoms with Gasteiger partial charge >= 0.3 is 0 Å². The van der Waals surface area contributed by atoms with Gasteiger partial charge in [-0.3, -0.25) is 9.88 Å². The van der Waals surface area contributed by atoms with Gasteiger partial charge in [-0.05, 0) is 73.4 Å². The van der Waals surface area contributed by atoms with Crippen LogP contribution in [0.4, 0.5) is 5.69 Å². The van der Waals surface area contributed by atoms with E-state index in [1.165, 1.54) is 67.9 Å². The van der Waals surface area contributed by atoms with Gasteiger partial charge in [-0.25, -0.2) is 0 Å². The van der Waals surface area contributed by atoms with E-state index < -0.39 is 0 Å². The number of aromatic nitrogens is 1. The number of fused-ring (bicyclic) bond motifs is 3. The van der Waals surface area contributed by atoms with Crippen molar-refractivity contribution < 1.29 is 0 Å². The first-order valence-electron chi connectivity index (χ1n) is 12.2. The molecule has 3 aliphatic heterocycles. The van der Waals surface area contributed by atoms with Crippen LogP contribution in [-0.2, 0) is 19.4 Å². The Balaban J connectivity index is 1.18. The van der Waals surface area contributed by atoms with Gasteiger partial charge in [0, 0.05) is 57.2 Å². The predicted molar refractivity (Wildman–Crippen MR) is 125 cm³/mol. The largest absolute Gasteiger partial charge is 0.371 e. The van der Waals surface area contributed by atoms with Gasteiger partial charge < -0.3 is 15.5 Å². The van der Waals surface area contributed by atoms with Crippen LogP contribution in [-0.4, -0.2) is 55.7 Å². The van der Waals surface area contributed by atoms with Crippen LogP contribution in [0, 0.1) is 11.8 Å². The lowest BCUT2D eigenvalue weighted by Gasteiger charge is -2.37. The zero-order valence-corrected chi connectivity index (χ0v) is 18.7. The second-order valence-electron chi connectivity index (χ2n) is 10.2. The maximum absolute atomic E-state index is 4.77. The molecule has 2 N–H and O–H groups in total. The van der Waals surface area contributed by atoms with E-state index in [1.54, 1.807) is 5.56 Å². The van der Waals surface area contributed by atoms with Crippen molar-refractivity contribution in [1.29, 1.82) is 0 Å². The monoisotopic (exact) mass is 417 g/mol. The highest BCUT2D eigenvalue weighted by atomic mass is 15.2. The van der Waals surface area contributed by atoms with Crippen molar-refractivity contribution in [2.24, 2.45) is 11.8 Å². The lowest BCUT2D eigenvalue weighted by atomic mass is 9.89. The summed E-state index contributed by atoms with van der Waals surface area (Å²) in [4.78, 5) is 10.0. The number of likely N-dealkylation sites (N-methyl/N-ethyl adjacent to an activating group) is 1. The molecule has 1 aromatic heterocycles. The van der Waals surface area contributed by atoms with Gasteiger partial charge in [0.05, 0.1) is 11.7 Å². The quantitative estimate of drug-likeness (QED) is 0.801. The van der Waals surface area contributed by atoms with Crippen LogP contribution < -0.4 is 15.5 Å². The van der Waals surface area contributed by atoms with Gasteiger partial charge in [-0.2, -0.15) is 0 Å². The second-order valence-corrected chi connectivity index (χ2v) is 10.2. The first kappa shape index (κ1) is 19.7. The second kappa shape index (κ2) is 8.19. The summed E-state index contributed by atoms with van der Waals surface area (Å²) in [6, 6.07) is 12.3. The molecular formula is C26H35N5. The number of hydrogen-bond acceptors (Lipinski definition) is 5. The summed E-state index contributed by atoms with van der Waals surface area (Å²) in [5, 5.41) is 7.41. The van der Waals surface area contributed by atoms with Crippen LogP contribution in [0.15, 0.2) is 36.5 Å². The molecule has 3 unspecified atom stereocenters. The van der Waals surface area contributed by atoms with Crippen LogP contribution in [0.3, 0.4) is 0 Å². The Morgan fingerprint density at radius 2 is 1.94 bits per heavy atom. The van der Waals surface area contributed by atoms with Gasteiger partial charge in [-0.15, -0.1) is 0 Å². The van der Waals surface area contributed by atoms with Gasteiger partial charge in [0.15, 0.2) is 0 Å². The van der Waals surface area contributed by atoms with Crippen molar-refractivity contribution in [1.82, 2.24) is 20.5 Å². The standard InChI is InChI=1S/C26H35N5/c1-30(25-9-2-5-18-7-4-10-28-26(18)25)17-22-11-23-19(14-29-22)6-3-8-24(23)31-15-20-12-27-13-21(20)16-31/h3-4,6-8,10,20-22,25,27,29H,2,5,9,11-17H2,1H3/t20?,21?,22-,25?/m1/s1. The normalized spacial score (nSPS) is 29.7. The number of hydrogen-bond donors (Lipinski definition) is 2. The van der Waals surface area contributed by atoms with E-state index in [0.29, 0.717) is 12.1 Å². The van der Waals surface area contributed by atoms with E-state index in [-0.39, 0.29) is 0 Å². The van der Waals surface area contributed by atoms with Crippen molar-refractivity contribution in [2.45, 2.75) is 44.3 Å². The molecule has 0 saturated carbocycles. The summed E-state index contributed by atoms with van der Waals surface area (Å²) in [5.74, 6) is 1.66. The summed E-state index contributed by atoms with van der Waals surface area (Å²) in [5.41, 5.74) is 7.35. The van der Waals surface area contributed by atoms with Crippen molar-refractivity contribution in [3.8, 4) is 0 Å². The molecule has 4 heterocycles. The molecule has 0 radical (unpaired) electrons. The number of aryl methyl sites for hydroxylation is 1. The fourth-order valence-corrected chi connectivity index (χ4v) is 6.56. The van der Waals surface area contributed by atoms with Crippen LogP contribution >= 0.6 is 0 Å². The molecule has 2 aromatic rings. The fourth-order valence-electron chi connectivity index (χ4n) is 6.56. The molecule has 4 aliphatic rings. The molecule has 2 fully saturated rings. The number of rotatable bonds is 4. The highest BCUT2D eigenvalue weighted by molar-refractivity contribution is 5.59. The third-order valence-electron chi connectivity index (χ3n) is 8.22. The van der Waals surface area contributed by atoms with Gasteiger partial charge in [-0.1, -0.05) is 18.2 Å². The Morgan fingerprint density at radius 3 is 2.81 bits per heavy atom. The fraction of sp³-hybridized carbons (Fsp3) is 0.577. The van der Waals surface area contributed by atoms with Crippen LogP contribution in [0.5, 0.6) is 0 Å². The van der Waals surface area contributed by atoms with E-state index in [4.69, 9.17) is 4.98 Å². The third kappa shape index (κ3) is 3.67. The van der Waals surface area contributed by atoms with E-state index in [2.05, 4.69) is 57.8 Å². The Kier molecular flexibility index (Phi) is 5.21. The molecule has 1 aliphatic carbocycles. The summed E-state index contributed by atoms with van der Waals surface area (Å²) >= 11 is 0. The van der Waals surface area contributed by atoms with Crippen molar-refractivity contribution in [3.05, 3.63) is 58.9 Å². The number of anilines is 1. The SMILES string of the molecule is CN(C[C@H]1Cc2c(cccc2N2CC3CNCC3C2)CN1)C1CCCc2cccnc21. The molecule has 5 heteroatoms. The first-order chi connectivity index (χ1) is 15.3. The molecule has 0 spiro atoms. The minimum Gasteiger partial charge on any atom is -0.371 e. The van der Waals surface area contributed by atoms with E-state index in [1.807, 2.05) is 6.20 Å². The zero-order chi connectivity index (χ0) is 20.8. The van der Waals surface area contributed by atoms with Crippen molar-refractivity contribution >= 4 is 5.69 Å². The minimum absolute atomic E-state index is 0.453. The summed E-state index contributed by atoms with van der Waals surface area (Å²) in [6.45, 7) is 6.89. The van der Waals surface area contributed by atoms with Gasteiger partial charge in [0.2, 0.25) is 0 Å². The molecule has 1 aromatic carbocycles. The Hall–Kier alpha value is -1.95. The van der Waals surface area contributed by atoms with E-state index in [9.17, 15) is 0 Å². The molecule has 5 nitrogen and oxygen atoms in total.